The number of hydrogen-bond donors (Lipinski definition) is 2. The van der Waals surface area contributed by atoms with Gasteiger partial charge < -0.3 is 11.1 Å². The van der Waals surface area contributed by atoms with E-state index >= 15 is 0 Å². The molecular weight excluding hydrogens is 435 g/mol. The minimum absolute atomic E-state index is 0.0560. The van der Waals surface area contributed by atoms with Gasteiger partial charge in [0.05, 0.1) is 34.7 Å². The summed E-state index contributed by atoms with van der Waals surface area (Å²) in [6.45, 7) is 3.10. The average molecular weight is 453 g/mol. The summed E-state index contributed by atoms with van der Waals surface area (Å²) in [4.78, 5) is 28.8. The molecule has 2 amide bonds. The second kappa shape index (κ2) is 8.38. The Labute approximate surface area is 186 Å². The molecule has 0 atom stereocenters. The van der Waals surface area contributed by atoms with Crippen LogP contribution in [0.15, 0.2) is 42.5 Å². The first kappa shape index (κ1) is 22.0. The molecule has 4 aromatic rings. The Bertz CT molecular complexity index is 1410. The average Bonchev–Trinajstić information content (AvgIpc) is 3.02. The van der Waals surface area contributed by atoms with Crippen LogP contribution in [0.3, 0.4) is 0 Å². The number of carbonyl (C=O) groups excluding carboxylic acids is 2. The first-order chi connectivity index (χ1) is 15.7. The van der Waals surface area contributed by atoms with Crippen molar-refractivity contribution in [1.29, 1.82) is 0 Å². The van der Waals surface area contributed by atoms with Gasteiger partial charge >= 0.3 is 0 Å². The zero-order valence-corrected chi connectivity index (χ0v) is 17.6. The molecule has 7 nitrogen and oxygen atoms in total. The van der Waals surface area contributed by atoms with E-state index in [4.69, 9.17) is 5.73 Å². The summed E-state index contributed by atoms with van der Waals surface area (Å²) in [7, 11) is 0. The number of carbonyl (C=O) groups is 2. The highest BCUT2D eigenvalue weighted by atomic mass is 19.1. The lowest BCUT2D eigenvalue weighted by atomic mass is 10.1. The number of amides is 2. The molecule has 0 spiro atoms. The van der Waals surface area contributed by atoms with E-state index in [2.05, 4.69) is 15.4 Å². The monoisotopic (exact) mass is 453 g/mol. The van der Waals surface area contributed by atoms with Crippen molar-refractivity contribution in [2.75, 3.05) is 5.32 Å². The van der Waals surface area contributed by atoms with Gasteiger partial charge in [-0.3, -0.25) is 14.3 Å². The molecule has 0 saturated heterocycles. The molecular formula is C23H18F3N5O2. The third-order valence-corrected chi connectivity index (χ3v) is 5.26. The van der Waals surface area contributed by atoms with Crippen LogP contribution in [-0.2, 0) is 6.54 Å². The highest BCUT2D eigenvalue weighted by Crippen LogP contribution is 2.25. The van der Waals surface area contributed by atoms with Crippen molar-refractivity contribution < 1.29 is 22.8 Å². The largest absolute Gasteiger partial charge is 0.364 e. The molecule has 0 unspecified atom stereocenters. The molecule has 0 fully saturated rings. The summed E-state index contributed by atoms with van der Waals surface area (Å²) >= 11 is 0. The number of hydrogen-bond acceptors (Lipinski definition) is 4. The fraction of sp³-hybridized carbons (Fsp3) is 0.130. The Morgan fingerprint density at radius 1 is 1.06 bits per heavy atom. The van der Waals surface area contributed by atoms with Crippen molar-refractivity contribution in [2.24, 2.45) is 5.73 Å². The summed E-state index contributed by atoms with van der Waals surface area (Å²) < 4.78 is 43.2. The van der Waals surface area contributed by atoms with Crippen LogP contribution in [0.4, 0.5) is 18.9 Å². The van der Waals surface area contributed by atoms with Gasteiger partial charge in [0.15, 0.2) is 0 Å². The maximum Gasteiger partial charge on any atom is 0.267 e. The summed E-state index contributed by atoms with van der Waals surface area (Å²) in [5, 5.41) is 7.32. The lowest BCUT2D eigenvalue weighted by Crippen LogP contribution is -2.18. The number of nitrogens with two attached hydrogens (primary N) is 1. The van der Waals surface area contributed by atoms with Crippen molar-refractivity contribution in [1.82, 2.24) is 14.8 Å². The lowest BCUT2D eigenvalue weighted by molar-refractivity contribution is 0.0996. The first-order valence-electron chi connectivity index (χ1n) is 9.84. The molecule has 0 aliphatic heterocycles. The molecule has 0 radical (unpaired) electrons. The molecule has 0 aliphatic rings. The van der Waals surface area contributed by atoms with E-state index < -0.39 is 29.3 Å². The minimum Gasteiger partial charge on any atom is -0.364 e. The Balaban J connectivity index is 1.71. The third kappa shape index (κ3) is 4.14. The van der Waals surface area contributed by atoms with E-state index in [1.54, 1.807) is 13.8 Å². The number of fused-ring (bicyclic) bond motifs is 1. The maximum absolute atomic E-state index is 14.1. The van der Waals surface area contributed by atoms with Crippen molar-refractivity contribution in [2.45, 2.75) is 20.4 Å². The zero-order chi connectivity index (χ0) is 23.9. The molecule has 168 valence electrons. The normalized spacial score (nSPS) is 11.1. The minimum atomic E-state index is -0.873. The van der Waals surface area contributed by atoms with Crippen LogP contribution in [0.1, 0.15) is 37.8 Å². The number of nitrogens with one attached hydrogen (secondary N) is 1. The molecule has 2 aromatic carbocycles. The number of primary amides is 1. The van der Waals surface area contributed by atoms with Gasteiger partial charge in [0, 0.05) is 17.0 Å². The Kier molecular flexibility index (Phi) is 5.59. The van der Waals surface area contributed by atoms with Crippen LogP contribution in [0.25, 0.3) is 10.9 Å². The summed E-state index contributed by atoms with van der Waals surface area (Å²) in [6, 6.07) is 8.44. The Morgan fingerprint density at radius 2 is 1.76 bits per heavy atom. The number of halogens is 3. The second-order valence-electron chi connectivity index (χ2n) is 7.44. The van der Waals surface area contributed by atoms with Crippen LogP contribution in [0.2, 0.25) is 0 Å². The van der Waals surface area contributed by atoms with Gasteiger partial charge in [-0.1, -0.05) is 6.07 Å². The number of anilines is 1. The van der Waals surface area contributed by atoms with Gasteiger partial charge in [-0.2, -0.15) is 5.10 Å². The van der Waals surface area contributed by atoms with Crippen LogP contribution in [-0.4, -0.2) is 26.6 Å². The van der Waals surface area contributed by atoms with Crippen LogP contribution < -0.4 is 11.1 Å². The van der Waals surface area contributed by atoms with Crippen molar-refractivity contribution in [3.8, 4) is 0 Å². The number of pyridine rings is 1. The number of aryl methyl sites for hydroxylation is 1. The van der Waals surface area contributed by atoms with E-state index in [1.807, 2.05) is 0 Å². The SMILES string of the molecule is Cc1nn(Cc2c(F)cccc2F)c(C)c1NC(=O)c1cc(C(N)=O)nc2cc(F)ccc12. The second-order valence-corrected chi connectivity index (χ2v) is 7.44. The lowest BCUT2D eigenvalue weighted by Gasteiger charge is -2.11. The number of aromatic nitrogens is 3. The Hall–Kier alpha value is -4.21. The molecule has 2 aromatic heterocycles. The van der Waals surface area contributed by atoms with E-state index in [9.17, 15) is 22.8 Å². The van der Waals surface area contributed by atoms with E-state index in [1.165, 1.54) is 28.9 Å². The quantitative estimate of drug-likeness (QED) is 0.479. The molecule has 2 heterocycles. The highest BCUT2D eigenvalue weighted by molar-refractivity contribution is 6.14. The standard InChI is InChI=1S/C23H18F3N5O2/c1-11-21(12(2)31(30-11)10-16-17(25)4-3-5-18(16)26)29-23(33)15-9-20(22(27)32)28-19-8-13(24)6-7-14(15)19/h3-9H,10H2,1-2H3,(H2,27,32)(H,29,33). The summed E-state index contributed by atoms with van der Waals surface area (Å²) in [5.74, 6) is -3.48. The topological polar surface area (TPSA) is 103 Å². The van der Waals surface area contributed by atoms with Crippen LogP contribution >= 0.6 is 0 Å². The molecule has 10 heteroatoms. The summed E-state index contributed by atoms with van der Waals surface area (Å²) in [5.41, 5.74) is 6.32. The van der Waals surface area contributed by atoms with Crippen LogP contribution in [0.5, 0.6) is 0 Å². The predicted octanol–water partition coefficient (Wildman–Crippen LogP) is 3.86. The summed E-state index contributed by atoms with van der Waals surface area (Å²) in [6.07, 6.45) is 0. The van der Waals surface area contributed by atoms with E-state index in [0.717, 1.165) is 18.2 Å². The molecule has 0 bridgehead atoms. The predicted molar refractivity (Wildman–Crippen MR) is 115 cm³/mol. The molecule has 4 rings (SSSR count). The van der Waals surface area contributed by atoms with Gasteiger partial charge in [-0.15, -0.1) is 0 Å². The van der Waals surface area contributed by atoms with Crippen molar-refractivity contribution in [3.05, 3.63) is 88.1 Å². The maximum atomic E-state index is 14.1. The number of benzene rings is 2. The van der Waals surface area contributed by atoms with Gasteiger partial charge in [0.25, 0.3) is 11.8 Å². The molecule has 0 aliphatic carbocycles. The third-order valence-electron chi connectivity index (χ3n) is 5.26. The fourth-order valence-electron chi connectivity index (χ4n) is 3.56. The molecule has 33 heavy (non-hydrogen) atoms. The molecule has 0 saturated carbocycles. The Morgan fingerprint density at radius 3 is 2.42 bits per heavy atom. The highest BCUT2D eigenvalue weighted by Gasteiger charge is 2.20. The van der Waals surface area contributed by atoms with Crippen LogP contribution in [0, 0.1) is 31.3 Å². The fourth-order valence-corrected chi connectivity index (χ4v) is 3.56. The van der Waals surface area contributed by atoms with Gasteiger partial charge in [-0.05, 0) is 44.2 Å². The zero-order valence-electron chi connectivity index (χ0n) is 17.6. The number of rotatable bonds is 5. The molecule has 3 N–H and O–H groups in total. The van der Waals surface area contributed by atoms with Gasteiger partial charge in [0.1, 0.15) is 23.1 Å². The first-order valence-corrected chi connectivity index (χ1v) is 9.84. The van der Waals surface area contributed by atoms with Gasteiger partial charge in [-0.25, -0.2) is 18.2 Å². The van der Waals surface area contributed by atoms with E-state index in [0.29, 0.717) is 22.5 Å². The van der Waals surface area contributed by atoms with E-state index in [-0.39, 0.29) is 28.9 Å². The number of nitrogens with zero attached hydrogens (tertiary/aromatic N) is 3. The van der Waals surface area contributed by atoms with Crippen molar-refractivity contribution >= 4 is 28.4 Å². The smallest absolute Gasteiger partial charge is 0.267 e. The van der Waals surface area contributed by atoms with Gasteiger partial charge in [0.2, 0.25) is 0 Å². The van der Waals surface area contributed by atoms with Crippen molar-refractivity contribution in [3.63, 3.8) is 0 Å².